The SMILES string of the molecule is CCCC1C2=C(CCN1C(=O)/C(C#N)=C/c1cccc(Br)n1)C(c1ccc3nc(/C=C(\C#N)C(=O)N4CCc5ccccc5C4C)sc3c1)=CC(CC)C=C2. The van der Waals surface area contributed by atoms with Gasteiger partial charge in [0.2, 0.25) is 0 Å². The Morgan fingerprint density at radius 2 is 1.71 bits per heavy atom. The Kier molecular flexibility index (Phi) is 11.4. The first-order valence-electron chi connectivity index (χ1n) is 18.8. The van der Waals surface area contributed by atoms with Gasteiger partial charge in [0.25, 0.3) is 11.8 Å². The lowest BCUT2D eigenvalue weighted by molar-refractivity contribution is -0.129. The van der Waals surface area contributed by atoms with Crippen LogP contribution in [0.4, 0.5) is 0 Å². The minimum atomic E-state index is -0.286. The number of pyridine rings is 1. The van der Waals surface area contributed by atoms with Crippen molar-refractivity contribution in [2.75, 3.05) is 13.1 Å². The normalized spacial score (nSPS) is 20.0. The van der Waals surface area contributed by atoms with E-state index in [0.29, 0.717) is 34.8 Å². The van der Waals surface area contributed by atoms with Crippen LogP contribution in [0.2, 0.25) is 0 Å². The van der Waals surface area contributed by atoms with E-state index in [9.17, 15) is 20.1 Å². The van der Waals surface area contributed by atoms with Crippen LogP contribution in [-0.4, -0.2) is 50.7 Å². The van der Waals surface area contributed by atoms with Crippen molar-refractivity contribution in [1.82, 2.24) is 19.8 Å². The Labute approximate surface area is 334 Å². The maximum Gasteiger partial charge on any atom is 0.265 e. The van der Waals surface area contributed by atoms with Crippen LogP contribution in [0.25, 0.3) is 27.9 Å². The first kappa shape index (κ1) is 37.9. The van der Waals surface area contributed by atoms with Crippen molar-refractivity contribution in [3.63, 3.8) is 0 Å². The van der Waals surface area contributed by atoms with Crippen molar-refractivity contribution in [3.05, 3.63) is 133 Å². The molecule has 3 unspecified atom stereocenters. The van der Waals surface area contributed by atoms with E-state index >= 15 is 0 Å². The van der Waals surface area contributed by atoms with Crippen LogP contribution in [0.3, 0.4) is 0 Å². The molecule has 3 atom stereocenters. The molecule has 3 aliphatic rings. The first-order valence-corrected chi connectivity index (χ1v) is 20.4. The van der Waals surface area contributed by atoms with E-state index in [2.05, 4.69) is 89.4 Å². The minimum absolute atomic E-state index is 0.0630. The molecule has 0 bridgehead atoms. The van der Waals surface area contributed by atoms with Gasteiger partial charge in [0, 0.05) is 13.1 Å². The van der Waals surface area contributed by atoms with Crippen LogP contribution >= 0.6 is 27.3 Å². The molecule has 0 spiro atoms. The third-order valence-corrected chi connectivity index (χ3v) is 12.2. The summed E-state index contributed by atoms with van der Waals surface area (Å²) in [6.45, 7) is 7.36. The van der Waals surface area contributed by atoms with Gasteiger partial charge in [-0.05, 0) is 124 Å². The summed E-state index contributed by atoms with van der Waals surface area (Å²) < 4.78 is 1.60. The second-order valence-corrected chi connectivity index (χ2v) is 16.0. The number of hydrogen-bond donors (Lipinski definition) is 0. The van der Waals surface area contributed by atoms with Crippen molar-refractivity contribution in [1.29, 1.82) is 10.5 Å². The number of amides is 2. The molecule has 55 heavy (non-hydrogen) atoms. The number of hydrogen-bond acceptors (Lipinski definition) is 7. The molecule has 7 rings (SSSR count). The molecule has 10 heteroatoms. The number of rotatable bonds is 8. The molecule has 2 aliphatic heterocycles. The molecule has 2 amide bonds. The molecule has 8 nitrogen and oxygen atoms in total. The van der Waals surface area contributed by atoms with Crippen molar-refractivity contribution >= 4 is 67.0 Å². The molecule has 4 heterocycles. The number of fused-ring (bicyclic) bond motifs is 2. The average Bonchev–Trinajstić information content (AvgIpc) is 3.51. The summed E-state index contributed by atoms with van der Waals surface area (Å²) >= 11 is 4.85. The molecule has 0 fully saturated rings. The zero-order valence-corrected chi connectivity index (χ0v) is 33.5. The highest BCUT2D eigenvalue weighted by Gasteiger charge is 2.35. The average molecular weight is 810 g/mol. The predicted molar refractivity (Wildman–Crippen MR) is 222 cm³/mol. The third kappa shape index (κ3) is 7.76. The van der Waals surface area contributed by atoms with Gasteiger partial charge in [0.15, 0.2) is 0 Å². The van der Waals surface area contributed by atoms with Gasteiger partial charge in [-0.2, -0.15) is 10.5 Å². The van der Waals surface area contributed by atoms with E-state index in [1.165, 1.54) is 22.5 Å². The summed E-state index contributed by atoms with van der Waals surface area (Å²) in [6.07, 6.45) is 13.9. The zero-order chi connectivity index (χ0) is 38.6. The molecule has 0 N–H and O–H groups in total. The summed E-state index contributed by atoms with van der Waals surface area (Å²) in [5.41, 5.74) is 8.39. The predicted octanol–water partition coefficient (Wildman–Crippen LogP) is 9.79. The van der Waals surface area contributed by atoms with Gasteiger partial charge < -0.3 is 9.80 Å². The van der Waals surface area contributed by atoms with Gasteiger partial charge in [-0.1, -0.05) is 74.9 Å². The van der Waals surface area contributed by atoms with E-state index < -0.39 is 0 Å². The molecule has 0 radical (unpaired) electrons. The second kappa shape index (κ2) is 16.5. The molecular weight excluding hydrogens is 769 g/mol. The lowest BCUT2D eigenvalue weighted by Gasteiger charge is -2.38. The maximum atomic E-state index is 14.1. The Morgan fingerprint density at radius 1 is 0.945 bits per heavy atom. The number of nitrogens with zero attached hydrogens (tertiary/aromatic N) is 6. The molecular formula is C45H41BrN6O2S. The quantitative estimate of drug-likeness (QED) is 0.0995. The summed E-state index contributed by atoms with van der Waals surface area (Å²) in [4.78, 5) is 40.6. The lowest BCUT2D eigenvalue weighted by Crippen LogP contribution is -2.45. The van der Waals surface area contributed by atoms with Crippen LogP contribution in [-0.2, 0) is 16.0 Å². The molecule has 0 saturated heterocycles. The van der Waals surface area contributed by atoms with Crippen LogP contribution in [0.5, 0.6) is 0 Å². The molecule has 1 aliphatic carbocycles. The van der Waals surface area contributed by atoms with Crippen molar-refractivity contribution in [2.24, 2.45) is 5.92 Å². The van der Waals surface area contributed by atoms with E-state index in [-0.39, 0.29) is 41.0 Å². The van der Waals surface area contributed by atoms with Gasteiger partial charge in [0.05, 0.1) is 28.0 Å². The zero-order valence-electron chi connectivity index (χ0n) is 31.1. The molecule has 4 aromatic rings. The third-order valence-electron chi connectivity index (χ3n) is 10.8. The van der Waals surface area contributed by atoms with Crippen LogP contribution in [0.1, 0.15) is 79.9 Å². The van der Waals surface area contributed by atoms with Crippen molar-refractivity contribution < 1.29 is 9.59 Å². The Hall–Kier alpha value is -5.42. The Morgan fingerprint density at radius 3 is 2.47 bits per heavy atom. The number of benzene rings is 2. The number of halogens is 1. The van der Waals surface area contributed by atoms with E-state index in [1.54, 1.807) is 29.2 Å². The highest BCUT2D eigenvalue weighted by molar-refractivity contribution is 9.10. The summed E-state index contributed by atoms with van der Waals surface area (Å²) in [5.74, 6) is -0.363. The topological polar surface area (TPSA) is 114 Å². The molecule has 276 valence electrons. The number of aromatic nitrogens is 2. The smallest absolute Gasteiger partial charge is 0.265 e. The second-order valence-electron chi connectivity index (χ2n) is 14.1. The largest absolute Gasteiger partial charge is 0.331 e. The monoisotopic (exact) mass is 808 g/mol. The highest BCUT2D eigenvalue weighted by Crippen LogP contribution is 2.41. The molecule has 2 aromatic carbocycles. The van der Waals surface area contributed by atoms with E-state index in [0.717, 1.165) is 58.2 Å². The number of carbonyl (C=O) groups excluding carboxylic acids is 2. The van der Waals surface area contributed by atoms with E-state index in [1.807, 2.05) is 36.1 Å². The van der Waals surface area contributed by atoms with Crippen molar-refractivity contribution in [3.8, 4) is 12.1 Å². The lowest BCUT2D eigenvalue weighted by atomic mass is 9.83. The number of thiazole rings is 1. The molecule has 2 aromatic heterocycles. The maximum absolute atomic E-state index is 14.1. The van der Waals surface area contributed by atoms with Gasteiger partial charge in [-0.25, -0.2) is 9.97 Å². The van der Waals surface area contributed by atoms with Crippen LogP contribution < -0.4 is 0 Å². The summed E-state index contributed by atoms with van der Waals surface area (Å²) in [6, 6.07) is 23.9. The molecule has 0 saturated carbocycles. The first-order chi connectivity index (χ1) is 26.7. The summed E-state index contributed by atoms with van der Waals surface area (Å²) in [5, 5.41) is 20.8. The summed E-state index contributed by atoms with van der Waals surface area (Å²) in [7, 11) is 0. The number of nitriles is 2. The van der Waals surface area contributed by atoms with Gasteiger partial charge in [-0.3, -0.25) is 9.59 Å². The Balaban J connectivity index is 1.20. The minimum Gasteiger partial charge on any atom is -0.331 e. The van der Waals surface area contributed by atoms with Gasteiger partial charge >= 0.3 is 0 Å². The van der Waals surface area contributed by atoms with Crippen molar-refractivity contribution in [2.45, 2.75) is 65.0 Å². The Bertz CT molecular complexity index is 2420. The number of allylic oxidation sites excluding steroid dienone is 3. The number of carbonyl (C=O) groups is 2. The van der Waals surface area contributed by atoms with Gasteiger partial charge in [0.1, 0.15) is 32.9 Å². The van der Waals surface area contributed by atoms with Crippen LogP contribution in [0, 0.1) is 28.6 Å². The fourth-order valence-electron chi connectivity index (χ4n) is 7.94. The fourth-order valence-corrected chi connectivity index (χ4v) is 9.25. The van der Waals surface area contributed by atoms with Crippen LogP contribution in [0.15, 0.2) is 106 Å². The standard InChI is InChI=1S/C45H41BrN6O2S/c1-4-9-40-37-16-14-29(5-2)22-38(36(37)19-21-52(40)45(54)32(26-47)23-34-11-8-13-42(46)49-34)31-15-17-39-41(24-31)55-43(50-39)25-33(27-48)44(53)51-20-18-30-10-6-7-12-35(30)28(51)3/h6-8,10-17,22-25,28-29,40H,4-5,9,18-21H2,1-3H3/b32-23+,33-25+. The van der Waals surface area contributed by atoms with E-state index in [4.69, 9.17) is 4.98 Å². The van der Waals surface area contributed by atoms with Gasteiger partial charge in [-0.15, -0.1) is 11.3 Å². The highest BCUT2D eigenvalue weighted by atomic mass is 79.9. The fraction of sp³-hybridized carbons (Fsp3) is 0.289.